The minimum atomic E-state index is -3.73. The lowest BCUT2D eigenvalue weighted by atomic mass is 10.0. The molecule has 1 fully saturated rings. The van der Waals surface area contributed by atoms with Crippen molar-refractivity contribution in [1.29, 1.82) is 0 Å². The average Bonchev–Trinajstić information content (AvgIpc) is 2.60. The molecule has 0 saturated carbocycles. The van der Waals surface area contributed by atoms with Gasteiger partial charge in [-0.15, -0.1) is 0 Å². The van der Waals surface area contributed by atoms with Crippen molar-refractivity contribution in [1.82, 2.24) is 4.90 Å². The molecule has 0 aliphatic carbocycles. The van der Waals surface area contributed by atoms with Crippen LogP contribution < -0.4 is 0 Å². The summed E-state index contributed by atoms with van der Waals surface area (Å²) in [5.74, 6) is -0.443. The Morgan fingerprint density at radius 1 is 1.23 bits per heavy atom. The Morgan fingerprint density at radius 3 is 2.69 bits per heavy atom. The third-order valence-electron chi connectivity index (χ3n) is 4.22. The van der Waals surface area contributed by atoms with Crippen molar-refractivity contribution in [3.63, 3.8) is 0 Å². The number of nitrogens with zero attached hydrogens (tertiary/aromatic N) is 1. The molecular formula is C19H22FNO4S. The molecule has 7 heteroatoms. The number of halogens is 1. The van der Waals surface area contributed by atoms with E-state index in [0.717, 1.165) is 19.3 Å². The highest BCUT2D eigenvalue weighted by atomic mass is 32.2. The van der Waals surface area contributed by atoms with Crippen LogP contribution in [0.5, 0.6) is 0 Å². The Bertz CT molecular complexity index is 828. The van der Waals surface area contributed by atoms with Crippen molar-refractivity contribution >= 4 is 10.1 Å². The first kappa shape index (κ1) is 19.0. The fraction of sp³-hybridized carbons (Fsp3) is 0.368. The second-order valence-corrected chi connectivity index (χ2v) is 8.01. The zero-order chi connectivity index (χ0) is 18.6. The third kappa shape index (κ3) is 5.35. The number of ether oxygens (including phenoxy) is 1. The van der Waals surface area contributed by atoms with E-state index >= 15 is 0 Å². The summed E-state index contributed by atoms with van der Waals surface area (Å²) < 4.78 is 48.2. The predicted octanol–water partition coefficient (Wildman–Crippen LogP) is 2.74. The van der Waals surface area contributed by atoms with Gasteiger partial charge in [0.1, 0.15) is 18.0 Å². The zero-order valence-corrected chi connectivity index (χ0v) is 15.4. The molecule has 1 aliphatic rings. The number of morpholine rings is 1. The molecule has 0 aromatic heterocycles. The lowest BCUT2D eigenvalue weighted by molar-refractivity contribution is -0.0823. The van der Waals surface area contributed by atoms with Gasteiger partial charge >= 0.3 is 0 Å². The van der Waals surface area contributed by atoms with Crippen LogP contribution in [0.2, 0.25) is 0 Å². The summed E-state index contributed by atoms with van der Waals surface area (Å²) in [5.41, 5.74) is 1.61. The van der Waals surface area contributed by atoms with Crippen LogP contribution in [0.1, 0.15) is 17.2 Å². The molecule has 1 unspecified atom stereocenters. The number of hydrogen-bond donors (Lipinski definition) is 0. The van der Waals surface area contributed by atoms with Gasteiger partial charge in [0.05, 0.1) is 12.9 Å². The van der Waals surface area contributed by atoms with Crippen LogP contribution in [0, 0.1) is 5.82 Å². The van der Waals surface area contributed by atoms with Gasteiger partial charge in [-0.3, -0.25) is 9.08 Å². The van der Waals surface area contributed by atoms with Gasteiger partial charge in [-0.1, -0.05) is 42.5 Å². The minimum Gasteiger partial charge on any atom is -0.372 e. The molecule has 5 nitrogen and oxygen atoms in total. The fourth-order valence-corrected chi connectivity index (χ4v) is 3.72. The highest BCUT2D eigenvalue weighted by Gasteiger charge is 2.33. The van der Waals surface area contributed by atoms with E-state index in [9.17, 15) is 12.8 Å². The summed E-state index contributed by atoms with van der Waals surface area (Å²) in [6.45, 7) is 2.41. The first-order chi connectivity index (χ1) is 12.4. The molecule has 2 aromatic rings. The maximum atomic E-state index is 13.6. The molecule has 26 heavy (non-hydrogen) atoms. The van der Waals surface area contributed by atoms with Crippen LogP contribution in [0.3, 0.4) is 0 Å². The quantitative estimate of drug-likeness (QED) is 0.723. The molecule has 2 aromatic carbocycles. The van der Waals surface area contributed by atoms with Gasteiger partial charge in [0.25, 0.3) is 10.1 Å². The standard InChI is InChI=1S/C19H22FNO4S/c1-26(22,23)25-19(16-8-5-9-17(20)12-16)18-14-21(10-11-24-18)13-15-6-3-2-4-7-15/h2-9,12,18-19H,10-11,13-14H2,1H3/t18-,19?/m1/s1. The molecule has 2 atom stereocenters. The van der Waals surface area contributed by atoms with Crippen LogP contribution >= 0.6 is 0 Å². The molecule has 0 spiro atoms. The summed E-state index contributed by atoms with van der Waals surface area (Å²) in [6, 6.07) is 15.8. The van der Waals surface area contributed by atoms with E-state index in [1.54, 1.807) is 6.07 Å². The second-order valence-electron chi connectivity index (χ2n) is 6.41. The lowest BCUT2D eigenvalue weighted by Gasteiger charge is -2.36. The van der Waals surface area contributed by atoms with Gasteiger partial charge in [0.2, 0.25) is 0 Å². The normalized spacial score (nSPS) is 20.0. The van der Waals surface area contributed by atoms with Crippen LogP contribution in [-0.4, -0.2) is 45.4 Å². The molecule has 0 bridgehead atoms. The monoisotopic (exact) mass is 379 g/mol. The summed E-state index contributed by atoms with van der Waals surface area (Å²) >= 11 is 0. The SMILES string of the molecule is CS(=O)(=O)OC(c1cccc(F)c1)[C@H]1CN(Cc2ccccc2)CCO1. The van der Waals surface area contributed by atoms with Crippen LogP contribution in [0.25, 0.3) is 0 Å². The highest BCUT2D eigenvalue weighted by Crippen LogP contribution is 2.28. The van der Waals surface area contributed by atoms with Crippen molar-refractivity contribution in [2.75, 3.05) is 26.0 Å². The first-order valence-electron chi connectivity index (χ1n) is 8.42. The molecule has 0 radical (unpaired) electrons. The first-order valence-corrected chi connectivity index (χ1v) is 10.2. The number of hydrogen-bond acceptors (Lipinski definition) is 5. The number of benzene rings is 2. The summed E-state index contributed by atoms with van der Waals surface area (Å²) in [6.07, 6.45) is -0.410. The van der Waals surface area contributed by atoms with Crippen molar-refractivity contribution in [3.05, 3.63) is 71.5 Å². The molecule has 140 valence electrons. The van der Waals surface area contributed by atoms with E-state index in [1.807, 2.05) is 30.3 Å². The molecule has 3 rings (SSSR count). The lowest BCUT2D eigenvalue weighted by Crippen LogP contribution is -2.45. The maximum absolute atomic E-state index is 13.6. The Hall–Kier alpha value is -1.80. The van der Waals surface area contributed by atoms with Gasteiger partial charge in [-0.2, -0.15) is 8.42 Å². The van der Waals surface area contributed by atoms with Crippen molar-refractivity contribution < 1.29 is 21.7 Å². The van der Waals surface area contributed by atoms with E-state index in [2.05, 4.69) is 4.90 Å². The van der Waals surface area contributed by atoms with Crippen molar-refractivity contribution in [3.8, 4) is 0 Å². The Labute approximate surface area is 153 Å². The molecule has 1 heterocycles. The Kier molecular flexibility index (Phi) is 6.03. The van der Waals surface area contributed by atoms with E-state index in [4.69, 9.17) is 8.92 Å². The van der Waals surface area contributed by atoms with Gasteiger partial charge in [0, 0.05) is 19.6 Å². The Balaban J connectivity index is 1.79. The second kappa shape index (κ2) is 8.26. The summed E-state index contributed by atoms with van der Waals surface area (Å²) in [7, 11) is -3.73. The molecule has 1 saturated heterocycles. The predicted molar refractivity (Wildman–Crippen MR) is 96.5 cm³/mol. The van der Waals surface area contributed by atoms with Gasteiger partial charge in [-0.05, 0) is 23.3 Å². The molecule has 1 aliphatic heterocycles. The van der Waals surface area contributed by atoms with Gasteiger partial charge in [-0.25, -0.2) is 4.39 Å². The molecule has 0 amide bonds. The van der Waals surface area contributed by atoms with Crippen LogP contribution in [-0.2, 0) is 25.6 Å². The summed E-state index contributed by atoms with van der Waals surface area (Å²) in [5, 5.41) is 0. The molecular weight excluding hydrogens is 357 g/mol. The van der Waals surface area contributed by atoms with Crippen LogP contribution in [0.4, 0.5) is 4.39 Å². The number of rotatable bonds is 6. The topological polar surface area (TPSA) is 55.8 Å². The van der Waals surface area contributed by atoms with Gasteiger partial charge in [0.15, 0.2) is 0 Å². The molecule has 0 N–H and O–H groups in total. The average molecular weight is 379 g/mol. The zero-order valence-electron chi connectivity index (χ0n) is 14.5. The van der Waals surface area contributed by atoms with E-state index < -0.39 is 28.1 Å². The third-order valence-corrected chi connectivity index (χ3v) is 4.78. The largest absolute Gasteiger partial charge is 0.372 e. The van der Waals surface area contributed by atoms with Crippen molar-refractivity contribution in [2.24, 2.45) is 0 Å². The van der Waals surface area contributed by atoms with Crippen molar-refractivity contribution in [2.45, 2.75) is 18.8 Å². The van der Waals surface area contributed by atoms with E-state index in [1.165, 1.54) is 23.8 Å². The van der Waals surface area contributed by atoms with E-state index in [-0.39, 0.29) is 0 Å². The maximum Gasteiger partial charge on any atom is 0.265 e. The van der Waals surface area contributed by atoms with Gasteiger partial charge < -0.3 is 4.74 Å². The summed E-state index contributed by atoms with van der Waals surface area (Å²) in [4.78, 5) is 2.18. The fourth-order valence-electron chi connectivity index (χ4n) is 3.10. The van der Waals surface area contributed by atoms with E-state index in [0.29, 0.717) is 18.7 Å². The minimum absolute atomic E-state index is 0.443. The van der Waals surface area contributed by atoms with Crippen LogP contribution in [0.15, 0.2) is 54.6 Å². The smallest absolute Gasteiger partial charge is 0.265 e. The highest BCUT2D eigenvalue weighted by molar-refractivity contribution is 7.86. The Morgan fingerprint density at radius 2 is 2.00 bits per heavy atom.